The highest BCUT2D eigenvalue weighted by Gasteiger charge is 2.29. The van der Waals surface area contributed by atoms with Crippen LogP contribution in [0.2, 0.25) is 0 Å². The van der Waals surface area contributed by atoms with Crippen LogP contribution in [0.3, 0.4) is 0 Å². The van der Waals surface area contributed by atoms with Gasteiger partial charge in [0.2, 0.25) is 5.91 Å². The van der Waals surface area contributed by atoms with Gasteiger partial charge in [-0.25, -0.2) is 0 Å². The first kappa shape index (κ1) is 26.2. The van der Waals surface area contributed by atoms with Crippen LogP contribution in [0.5, 0.6) is 11.5 Å². The molecule has 2 aromatic carbocycles. The van der Waals surface area contributed by atoms with Gasteiger partial charge in [-0.05, 0) is 53.6 Å². The van der Waals surface area contributed by atoms with Crippen LogP contribution in [0.15, 0.2) is 48.5 Å². The highest BCUT2D eigenvalue weighted by molar-refractivity contribution is 5.88. The zero-order chi connectivity index (χ0) is 24.4. The molecule has 0 heterocycles. The van der Waals surface area contributed by atoms with Gasteiger partial charge in [0.15, 0.2) is 6.61 Å². The van der Waals surface area contributed by atoms with Gasteiger partial charge >= 0.3 is 0 Å². The Morgan fingerprint density at radius 2 is 1.55 bits per heavy atom. The Morgan fingerprint density at radius 1 is 0.939 bits per heavy atom. The second-order valence-electron chi connectivity index (χ2n) is 8.95. The molecule has 33 heavy (non-hydrogen) atoms. The third kappa shape index (κ3) is 8.12. The fraction of sp³-hybridized carbons (Fsp3) is 0.481. The van der Waals surface area contributed by atoms with Crippen molar-refractivity contribution in [2.45, 2.75) is 59.5 Å². The first-order valence-electron chi connectivity index (χ1n) is 11.7. The maximum Gasteiger partial charge on any atom is 0.261 e. The average Bonchev–Trinajstić information content (AvgIpc) is 2.81. The van der Waals surface area contributed by atoms with Crippen LogP contribution >= 0.6 is 0 Å². The molecule has 0 spiro atoms. The van der Waals surface area contributed by atoms with E-state index in [0.717, 1.165) is 11.3 Å². The number of hydrogen-bond acceptors (Lipinski definition) is 4. The molecule has 0 fully saturated rings. The molecule has 2 rings (SSSR count). The third-order valence-electron chi connectivity index (χ3n) is 5.49. The lowest BCUT2D eigenvalue weighted by molar-refractivity contribution is -0.143. The maximum absolute atomic E-state index is 13.3. The second-order valence-corrected chi connectivity index (χ2v) is 8.95. The minimum atomic E-state index is -0.578. The SMILES string of the molecule is CCC(C(=O)NCC(C)C)N(Cc1ccc(OC)cc1)C(=O)COc1ccc(C(C)C)cc1. The molecule has 0 aliphatic rings. The molecule has 0 saturated carbocycles. The van der Waals surface area contributed by atoms with Crippen molar-refractivity contribution in [3.8, 4) is 11.5 Å². The summed E-state index contributed by atoms with van der Waals surface area (Å²) in [5, 5.41) is 2.97. The van der Waals surface area contributed by atoms with Crippen LogP contribution in [-0.4, -0.2) is 43.0 Å². The van der Waals surface area contributed by atoms with Crippen LogP contribution in [0.25, 0.3) is 0 Å². The van der Waals surface area contributed by atoms with E-state index in [1.807, 2.05) is 69.3 Å². The average molecular weight is 455 g/mol. The fourth-order valence-corrected chi connectivity index (χ4v) is 3.45. The number of nitrogens with one attached hydrogen (secondary N) is 1. The van der Waals surface area contributed by atoms with E-state index in [0.29, 0.717) is 37.1 Å². The number of rotatable bonds is 12. The number of hydrogen-bond donors (Lipinski definition) is 1. The minimum Gasteiger partial charge on any atom is -0.497 e. The van der Waals surface area contributed by atoms with E-state index in [2.05, 4.69) is 19.2 Å². The van der Waals surface area contributed by atoms with E-state index in [9.17, 15) is 9.59 Å². The molecule has 0 saturated heterocycles. The Hall–Kier alpha value is -3.02. The van der Waals surface area contributed by atoms with Gasteiger partial charge in [0.1, 0.15) is 17.5 Å². The number of benzene rings is 2. The molecule has 180 valence electrons. The van der Waals surface area contributed by atoms with Gasteiger partial charge in [0.05, 0.1) is 7.11 Å². The van der Waals surface area contributed by atoms with Crippen molar-refractivity contribution in [3.05, 3.63) is 59.7 Å². The lowest BCUT2D eigenvalue weighted by Gasteiger charge is -2.31. The summed E-state index contributed by atoms with van der Waals surface area (Å²) in [5.74, 6) is 1.75. The van der Waals surface area contributed by atoms with Crippen LogP contribution in [0, 0.1) is 5.92 Å². The topological polar surface area (TPSA) is 67.9 Å². The number of methoxy groups -OCH3 is 1. The summed E-state index contributed by atoms with van der Waals surface area (Å²) < 4.78 is 11.0. The van der Waals surface area contributed by atoms with Crippen molar-refractivity contribution in [1.29, 1.82) is 0 Å². The van der Waals surface area contributed by atoms with Gasteiger partial charge < -0.3 is 19.7 Å². The van der Waals surface area contributed by atoms with Gasteiger partial charge in [-0.3, -0.25) is 9.59 Å². The smallest absolute Gasteiger partial charge is 0.261 e. The first-order chi connectivity index (χ1) is 15.7. The summed E-state index contributed by atoms with van der Waals surface area (Å²) in [7, 11) is 1.61. The summed E-state index contributed by atoms with van der Waals surface area (Å²) in [5.41, 5.74) is 2.13. The fourth-order valence-electron chi connectivity index (χ4n) is 3.45. The van der Waals surface area contributed by atoms with E-state index in [4.69, 9.17) is 9.47 Å². The first-order valence-corrected chi connectivity index (χ1v) is 11.7. The molecule has 0 radical (unpaired) electrons. The van der Waals surface area contributed by atoms with E-state index >= 15 is 0 Å². The monoisotopic (exact) mass is 454 g/mol. The number of carbonyl (C=O) groups excluding carboxylic acids is 2. The molecule has 2 amide bonds. The van der Waals surface area contributed by atoms with E-state index < -0.39 is 6.04 Å². The predicted octanol–water partition coefficient (Wildman–Crippen LogP) is 4.78. The summed E-state index contributed by atoms with van der Waals surface area (Å²) in [6, 6.07) is 14.7. The Kier molecular flexibility index (Phi) is 10.2. The van der Waals surface area contributed by atoms with Crippen LogP contribution in [-0.2, 0) is 16.1 Å². The molecule has 1 N–H and O–H groups in total. The molecule has 6 heteroatoms. The molecule has 1 unspecified atom stereocenters. The quantitative estimate of drug-likeness (QED) is 0.501. The van der Waals surface area contributed by atoms with Crippen LogP contribution < -0.4 is 14.8 Å². The molecule has 0 bridgehead atoms. The molecule has 6 nitrogen and oxygen atoms in total. The molecular weight excluding hydrogens is 416 g/mol. The van der Waals surface area contributed by atoms with E-state index in [1.165, 1.54) is 5.56 Å². The second kappa shape index (κ2) is 12.9. The lowest BCUT2D eigenvalue weighted by atomic mass is 10.0. The van der Waals surface area contributed by atoms with E-state index in [-0.39, 0.29) is 18.4 Å². The van der Waals surface area contributed by atoms with E-state index in [1.54, 1.807) is 12.0 Å². The van der Waals surface area contributed by atoms with Crippen molar-refractivity contribution in [1.82, 2.24) is 10.2 Å². The van der Waals surface area contributed by atoms with Crippen molar-refractivity contribution >= 4 is 11.8 Å². The van der Waals surface area contributed by atoms with Crippen LogP contribution in [0.1, 0.15) is 58.1 Å². The summed E-state index contributed by atoms with van der Waals surface area (Å²) in [6.45, 7) is 11.0. The Labute approximate surface area is 198 Å². The summed E-state index contributed by atoms with van der Waals surface area (Å²) in [6.07, 6.45) is 0.509. The van der Waals surface area contributed by atoms with Crippen LogP contribution in [0.4, 0.5) is 0 Å². The molecular formula is C27H38N2O4. The van der Waals surface area contributed by atoms with Crippen molar-refractivity contribution < 1.29 is 19.1 Å². The normalized spacial score (nSPS) is 11.9. The van der Waals surface area contributed by atoms with Gasteiger partial charge in [-0.15, -0.1) is 0 Å². The Balaban J connectivity index is 2.17. The van der Waals surface area contributed by atoms with Crippen molar-refractivity contribution in [2.75, 3.05) is 20.3 Å². The Bertz CT molecular complexity index is 876. The molecule has 1 atom stereocenters. The molecule has 0 aromatic heterocycles. The summed E-state index contributed by atoms with van der Waals surface area (Å²) in [4.78, 5) is 27.8. The number of carbonyl (C=O) groups is 2. The highest BCUT2D eigenvalue weighted by atomic mass is 16.5. The molecule has 0 aliphatic carbocycles. The number of nitrogens with zero attached hydrogens (tertiary/aromatic N) is 1. The lowest BCUT2D eigenvalue weighted by Crippen LogP contribution is -2.50. The summed E-state index contributed by atoms with van der Waals surface area (Å²) >= 11 is 0. The number of ether oxygens (including phenoxy) is 2. The van der Waals surface area contributed by atoms with Gasteiger partial charge in [0.25, 0.3) is 5.91 Å². The van der Waals surface area contributed by atoms with Crippen molar-refractivity contribution in [2.24, 2.45) is 5.92 Å². The van der Waals surface area contributed by atoms with Crippen molar-refractivity contribution in [3.63, 3.8) is 0 Å². The molecule has 0 aliphatic heterocycles. The standard InChI is InChI=1S/C27H38N2O4/c1-7-25(27(31)28-16-19(2)3)29(17-21-8-12-23(32-6)13-9-21)26(30)18-33-24-14-10-22(11-15-24)20(4)5/h8-15,19-20,25H,7,16-18H2,1-6H3,(H,28,31). The van der Waals surface area contributed by atoms with Gasteiger partial charge in [0, 0.05) is 13.1 Å². The molecule has 2 aromatic rings. The zero-order valence-corrected chi connectivity index (χ0v) is 20.8. The minimum absolute atomic E-state index is 0.134. The van der Waals surface area contributed by atoms with Gasteiger partial charge in [-0.1, -0.05) is 58.9 Å². The highest BCUT2D eigenvalue weighted by Crippen LogP contribution is 2.20. The number of amides is 2. The predicted molar refractivity (Wildman–Crippen MR) is 131 cm³/mol. The van der Waals surface area contributed by atoms with Gasteiger partial charge in [-0.2, -0.15) is 0 Å². The third-order valence-corrected chi connectivity index (χ3v) is 5.49. The largest absolute Gasteiger partial charge is 0.497 e. The zero-order valence-electron chi connectivity index (χ0n) is 20.8. The maximum atomic E-state index is 13.3. The Morgan fingerprint density at radius 3 is 2.06 bits per heavy atom.